The lowest BCUT2D eigenvalue weighted by Crippen LogP contribution is -2.43. The number of ether oxygens (including phenoxy) is 1. The number of carbonyl (C=O) groups excluding carboxylic acids is 2. The largest absolute Gasteiger partial charge is 0.369 e. The number of rotatable bonds is 7. The monoisotopic (exact) mass is 313 g/mol. The van der Waals surface area contributed by atoms with Crippen LogP contribution in [0.3, 0.4) is 0 Å². The standard InChI is InChI=1S/C16H31N3O3/c1-5-18(6-2)15(20)13-17-9-8-10-19(12-11-17)16(21)14(4)22-7-3/h14H,5-13H2,1-4H3. The molecule has 128 valence electrons. The fourth-order valence-electron chi connectivity index (χ4n) is 2.80. The minimum atomic E-state index is -0.381. The fraction of sp³-hybridized carbons (Fsp3) is 0.875. The van der Waals surface area contributed by atoms with Crippen molar-refractivity contribution in [1.82, 2.24) is 14.7 Å². The van der Waals surface area contributed by atoms with Crippen LogP contribution in [0.5, 0.6) is 0 Å². The van der Waals surface area contributed by atoms with Crippen LogP contribution in [0.1, 0.15) is 34.1 Å². The third kappa shape index (κ3) is 5.57. The van der Waals surface area contributed by atoms with E-state index < -0.39 is 0 Å². The van der Waals surface area contributed by atoms with E-state index in [2.05, 4.69) is 4.90 Å². The fourth-order valence-corrected chi connectivity index (χ4v) is 2.80. The van der Waals surface area contributed by atoms with Crippen LogP contribution >= 0.6 is 0 Å². The second-order valence-corrected chi connectivity index (χ2v) is 5.62. The summed E-state index contributed by atoms with van der Waals surface area (Å²) in [5.41, 5.74) is 0. The van der Waals surface area contributed by atoms with Crippen molar-refractivity contribution in [3.63, 3.8) is 0 Å². The zero-order valence-corrected chi connectivity index (χ0v) is 14.5. The highest BCUT2D eigenvalue weighted by atomic mass is 16.5. The van der Waals surface area contributed by atoms with Gasteiger partial charge in [-0.15, -0.1) is 0 Å². The van der Waals surface area contributed by atoms with Gasteiger partial charge in [-0.2, -0.15) is 0 Å². The maximum absolute atomic E-state index is 12.3. The van der Waals surface area contributed by atoms with Crippen molar-refractivity contribution in [2.24, 2.45) is 0 Å². The normalized spacial score (nSPS) is 17.9. The van der Waals surface area contributed by atoms with E-state index in [4.69, 9.17) is 4.74 Å². The van der Waals surface area contributed by atoms with Gasteiger partial charge in [-0.25, -0.2) is 0 Å². The van der Waals surface area contributed by atoms with Gasteiger partial charge in [0.25, 0.3) is 5.91 Å². The second kappa shape index (κ2) is 9.79. The van der Waals surface area contributed by atoms with Gasteiger partial charge >= 0.3 is 0 Å². The Hall–Kier alpha value is -1.14. The molecule has 6 nitrogen and oxygen atoms in total. The molecule has 1 heterocycles. The van der Waals surface area contributed by atoms with Crippen LogP contribution in [0.15, 0.2) is 0 Å². The van der Waals surface area contributed by atoms with E-state index in [9.17, 15) is 9.59 Å². The molecular weight excluding hydrogens is 282 g/mol. The second-order valence-electron chi connectivity index (χ2n) is 5.62. The molecule has 0 bridgehead atoms. The molecule has 1 aliphatic rings. The molecule has 1 unspecified atom stereocenters. The molecule has 0 radical (unpaired) electrons. The molecule has 2 amide bonds. The Kier molecular flexibility index (Phi) is 8.42. The number of hydrogen-bond acceptors (Lipinski definition) is 4. The summed E-state index contributed by atoms with van der Waals surface area (Å²) in [4.78, 5) is 30.3. The van der Waals surface area contributed by atoms with Crippen molar-refractivity contribution in [2.75, 3.05) is 52.4 Å². The van der Waals surface area contributed by atoms with Crippen molar-refractivity contribution in [1.29, 1.82) is 0 Å². The highest BCUT2D eigenvalue weighted by Gasteiger charge is 2.24. The van der Waals surface area contributed by atoms with Crippen LogP contribution in [0.25, 0.3) is 0 Å². The molecule has 1 saturated heterocycles. The Morgan fingerprint density at radius 2 is 1.77 bits per heavy atom. The Morgan fingerprint density at radius 3 is 2.36 bits per heavy atom. The van der Waals surface area contributed by atoms with Crippen molar-refractivity contribution < 1.29 is 14.3 Å². The molecule has 0 aromatic carbocycles. The highest BCUT2D eigenvalue weighted by Crippen LogP contribution is 2.07. The van der Waals surface area contributed by atoms with Gasteiger partial charge in [0.05, 0.1) is 6.54 Å². The van der Waals surface area contributed by atoms with Gasteiger partial charge < -0.3 is 14.5 Å². The molecule has 0 spiro atoms. The zero-order chi connectivity index (χ0) is 16.5. The average Bonchev–Trinajstić information content (AvgIpc) is 2.73. The lowest BCUT2D eigenvalue weighted by Gasteiger charge is -2.26. The quantitative estimate of drug-likeness (QED) is 0.698. The molecule has 1 atom stereocenters. The van der Waals surface area contributed by atoms with Crippen molar-refractivity contribution >= 4 is 11.8 Å². The molecule has 1 fully saturated rings. The van der Waals surface area contributed by atoms with Crippen molar-refractivity contribution in [3.8, 4) is 0 Å². The van der Waals surface area contributed by atoms with Crippen molar-refractivity contribution in [3.05, 3.63) is 0 Å². The lowest BCUT2D eigenvalue weighted by atomic mass is 10.3. The molecule has 1 aliphatic heterocycles. The van der Waals surface area contributed by atoms with E-state index in [1.165, 1.54) is 0 Å². The maximum atomic E-state index is 12.3. The van der Waals surface area contributed by atoms with Gasteiger partial charge in [-0.05, 0) is 34.1 Å². The van der Waals surface area contributed by atoms with Crippen LogP contribution in [0, 0.1) is 0 Å². The van der Waals surface area contributed by atoms with E-state index in [1.54, 1.807) is 6.92 Å². The zero-order valence-electron chi connectivity index (χ0n) is 14.5. The minimum absolute atomic E-state index is 0.0544. The maximum Gasteiger partial charge on any atom is 0.251 e. The van der Waals surface area contributed by atoms with Crippen LogP contribution in [0.4, 0.5) is 0 Å². The highest BCUT2D eigenvalue weighted by molar-refractivity contribution is 5.80. The number of hydrogen-bond donors (Lipinski definition) is 0. The SMILES string of the molecule is CCOC(C)C(=O)N1CCCN(CC(=O)N(CC)CC)CC1. The van der Waals surface area contributed by atoms with Crippen LogP contribution in [-0.2, 0) is 14.3 Å². The summed E-state index contributed by atoms with van der Waals surface area (Å²) in [5, 5.41) is 0. The summed E-state index contributed by atoms with van der Waals surface area (Å²) in [6.45, 7) is 13.2. The first-order valence-electron chi connectivity index (χ1n) is 8.43. The number of amides is 2. The summed E-state index contributed by atoms with van der Waals surface area (Å²) in [7, 11) is 0. The third-order valence-corrected chi connectivity index (χ3v) is 4.14. The number of nitrogens with zero attached hydrogens (tertiary/aromatic N) is 3. The minimum Gasteiger partial charge on any atom is -0.369 e. The van der Waals surface area contributed by atoms with Gasteiger partial charge in [0.2, 0.25) is 5.91 Å². The van der Waals surface area contributed by atoms with E-state index >= 15 is 0 Å². The van der Waals surface area contributed by atoms with Gasteiger partial charge in [0, 0.05) is 45.9 Å². The summed E-state index contributed by atoms with van der Waals surface area (Å²) < 4.78 is 5.38. The molecule has 0 N–H and O–H groups in total. The van der Waals surface area contributed by atoms with Gasteiger partial charge in [0.1, 0.15) is 6.10 Å². The molecular formula is C16H31N3O3. The van der Waals surface area contributed by atoms with E-state index in [0.717, 1.165) is 39.1 Å². The molecule has 22 heavy (non-hydrogen) atoms. The first-order chi connectivity index (χ1) is 10.5. The van der Waals surface area contributed by atoms with Gasteiger partial charge in [-0.1, -0.05) is 0 Å². The summed E-state index contributed by atoms with van der Waals surface area (Å²) in [5.74, 6) is 0.228. The third-order valence-electron chi connectivity index (χ3n) is 4.14. The first-order valence-corrected chi connectivity index (χ1v) is 8.43. The van der Waals surface area contributed by atoms with E-state index in [1.807, 2.05) is 30.6 Å². The first kappa shape index (κ1) is 18.9. The summed E-state index contributed by atoms with van der Waals surface area (Å²) in [6.07, 6.45) is 0.518. The number of carbonyl (C=O) groups is 2. The number of likely N-dealkylation sites (N-methyl/N-ethyl adjacent to an activating group) is 1. The molecule has 0 aromatic heterocycles. The predicted octanol–water partition coefficient (Wildman–Crippen LogP) is 0.814. The molecule has 1 rings (SSSR count). The molecule has 0 aromatic rings. The predicted molar refractivity (Wildman–Crippen MR) is 86.7 cm³/mol. The smallest absolute Gasteiger partial charge is 0.251 e. The summed E-state index contributed by atoms with van der Waals surface area (Å²) in [6, 6.07) is 0. The van der Waals surface area contributed by atoms with Crippen LogP contribution in [-0.4, -0.2) is 85.0 Å². The van der Waals surface area contributed by atoms with E-state index in [0.29, 0.717) is 19.7 Å². The topological polar surface area (TPSA) is 53.1 Å². The van der Waals surface area contributed by atoms with Crippen molar-refractivity contribution in [2.45, 2.75) is 40.2 Å². The Bertz CT molecular complexity index is 359. The molecule has 0 aliphatic carbocycles. The Labute approximate surface area is 134 Å². The lowest BCUT2D eigenvalue weighted by molar-refractivity contribution is -0.142. The van der Waals surface area contributed by atoms with Crippen LogP contribution in [0.2, 0.25) is 0 Å². The van der Waals surface area contributed by atoms with Gasteiger partial charge in [0.15, 0.2) is 0 Å². The van der Waals surface area contributed by atoms with E-state index in [-0.39, 0.29) is 17.9 Å². The van der Waals surface area contributed by atoms with Crippen LogP contribution < -0.4 is 0 Å². The molecule has 0 saturated carbocycles. The Balaban J connectivity index is 2.48. The average molecular weight is 313 g/mol. The molecule has 6 heteroatoms. The summed E-state index contributed by atoms with van der Waals surface area (Å²) >= 11 is 0. The van der Waals surface area contributed by atoms with Gasteiger partial charge in [-0.3, -0.25) is 14.5 Å². The Morgan fingerprint density at radius 1 is 1.09 bits per heavy atom.